The van der Waals surface area contributed by atoms with E-state index in [1.807, 2.05) is 20.8 Å². The molecule has 1 unspecified atom stereocenters. The quantitative estimate of drug-likeness (QED) is 0.740. The summed E-state index contributed by atoms with van der Waals surface area (Å²) < 4.78 is 26.2. The molecule has 1 atom stereocenters. The lowest BCUT2D eigenvalue weighted by Crippen LogP contribution is -2.34. The van der Waals surface area contributed by atoms with Gasteiger partial charge in [-0.15, -0.1) is 0 Å². The topological polar surface area (TPSA) is 95.1 Å². The van der Waals surface area contributed by atoms with Gasteiger partial charge in [0.2, 0.25) is 10.0 Å². The molecule has 1 rings (SSSR count). The van der Waals surface area contributed by atoms with Crippen LogP contribution in [0, 0.1) is 12.3 Å². The standard InChI is InChI=1S/C11H21N3O3S/c1-8-10(7-12-14-8)18(16,17)13-6-9(15)5-11(2,3)4/h7,9,13,15H,5-6H2,1-4H3,(H,12,14). The van der Waals surface area contributed by atoms with Crippen LogP contribution in [-0.4, -0.2) is 36.4 Å². The highest BCUT2D eigenvalue weighted by molar-refractivity contribution is 7.89. The van der Waals surface area contributed by atoms with Gasteiger partial charge in [-0.25, -0.2) is 13.1 Å². The van der Waals surface area contributed by atoms with Gasteiger partial charge < -0.3 is 5.11 Å². The molecule has 0 saturated heterocycles. The maximum absolute atomic E-state index is 11.9. The minimum Gasteiger partial charge on any atom is -0.392 e. The molecular weight excluding hydrogens is 254 g/mol. The average Bonchev–Trinajstić information content (AvgIpc) is 2.60. The maximum atomic E-state index is 11.9. The second kappa shape index (κ2) is 5.38. The highest BCUT2D eigenvalue weighted by Gasteiger charge is 2.22. The second-order valence-corrected chi connectivity index (χ2v) is 7.37. The van der Waals surface area contributed by atoms with Crippen LogP contribution in [0.2, 0.25) is 0 Å². The summed E-state index contributed by atoms with van der Waals surface area (Å²) in [5, 5.41) is 16.0. The van der Waals surface area contributed by atoms with Gasteiger partial charge in [-0.3, -0.25) is 5.10 Å². The number of aromatic nitrogens is 2. The predicted octanol–water partition coefficient (Wildman–Crippen LogP) is 0.794. The van der Waals surface area contributed by atoms with Crippen molar-refractivity contribution in [2.45, 2.75) is 45.1 Å². The molecule has 104 valence electrons. The van der Waals surface area contributed by atoms with E-state index >= 15 is 0 Å². The first kappa shape index (κ1) is 15.1. The van der Waals surface area contributed by atoms with Crippen molar-refractivity contribution in [1.82, 2.24) is 14.9 Å². The minimum absolute atomic E-state index is 0.00419. The number of aliphatic hydroxyl groups excluding tert-OH is 1. The Hall–Kier alpha value is -0.920. The molecule has 0 radical (unpaired) electrons. The molecule has 0 bridgehead atoms. The van der Waals surface area contributed by atoms with Crippen molar-refractivity contribution in [1.29, 1.82) is 0 Å². The third-order valence-electron chi connectivity index (χ3n) is 2.43. The number of aryl methyl sites for hydroxylation is 1. The molecule has 1 aromatic rings. The van der Waals surface area contributed by atoms with E-state index in [0.717, 1.165) is 0 Å². The number of hydrogen-bond donors (Lipinski definition) is 3. The number of aliphatic hydroxyl groups is 1. The molecule has 0 amide bonds. The molecule has 6 nitrogen and oxygen atoms in total. The third-order valence-corrected chi connectivity index (χ3v) is 3.97. The molecule has 1 heterocycles. The van der Waals surface area contributed by atoms with Crippen LogP contribution in [0.5, 0.6) is 0 Å². The van der Waals surface area contributed by atoms with Crippen molar-refractivity contribution >= 4 is 10.0 Å². The lowest BCUT2D eigenvalue weighted by Gasteiger charge is -2.22. The zero-order chi connectivity index (χ0) is 14.0. The van der Waals surface area contributed by atoms with E-state index in [1.54, 1.807) is 6.92 Å². The highest BCUT2D eigenvalue weighted by atomic mass is 32.2. The summed E-state index contributed by atoms with van der Waals surface area (Å²) >= 11 is 0. The highest BCUT2D eigenvalue weighted by Crippen LogP contribution is 2.20. The van der Waals surface area contributed by atoms with E-state index in [4.69, 9.17) is 0 Å². The lowest BCUT2D eigenvalue weighted by atomic mass is 9.89. The van der Waals surface area contributed by atoms with Crippen LogP contribution in [0.3, 0.4) is 0 Å². The van der Waals surface area contributed by atoms with Gasteiger partial charge in [0.1, 0.15) is 4.90 Å². The first-order valence-electron chi connectivity index (χ1n) is 5.79. The van der Waals surface area contributed by atoms with E-state index in [9.17, 15) is 13.5 Å². The van der Waals surface area contributed by atoms with E-state index in [-0.39, 0.29) is 16.9 Å². The first-order chi connectivity index (χ1) is 8.12. The first-order valence-corrected chi connectivity index (χ1v) is 7.28. The monoisotopic (exact) mass is 275 g/mol. The molecule has 1 aromatic heterocycles. The van der Waals surface area contributed by atoms with Gasteiger partial charge in [0, 0.05) is 6.54 Å². The van der Waals surface area contributed by atoms with Gasteiger partial charge in [-0.1, -0.05) is 20.8 Å². The van der Waals surface area contributed by atoms with Gasteiger partial charge in [-0.2, -0.15) is 5.10 Å². The van der Waals surface area contributed by atoms with Crippen LogP contribution in [0.4, 0.5) is 0 Å². The van der Waals surface area contributed by atoms with Crippen molar-refractivity contribution in [3.63, 3.8) is 0 Å². The van der Waals surface area contributed by atoms with Gasteiger partial charge in [0.25, 0.3) is 0 Å². The number of aromatic amines is 1. The Labute approximate surface area is 108 Å². The molecule has 0 aliphatic heterocycles. The molecule has 0 aromatic carbocycles. The van der Waals surface area contributed by atoms with Crippen LogP contribution in [0.25, 0.3) is 0 Å². The zero-order valence-corrected chi connectivity index (χ0v) is 12.0. The van der Waals surface area contributed by atoms with Gasteiger partial charge in [0.15, 0.2) is 0 Å². The average molecular weight is 275 g/mol. The molecule has 7 heteroatoms. The van der Waals surface area contributed by atoms with Crippen molar-refractivity contribution in [2.24, 2.45) is 5.41 Å². The summed E-state index contributed by atoms with van der Waals surface area (Å²) in [5.41, 5.74) is 0.434. The van der Waals surface area contributed by atoms with E-state index in [2.05, 4.69) is 14.9 Å². The molecule has 0 aliphatic rings. The minimum atomic E-state index is -3.60. The second-order valence-electron chi connectivity index (χ2n) is 5.63. The van der Waals surface area contributed by atoms with E-state index < -0.39 is 16.1 Å². The fourth-order valence-corrected chi connectivity index (χ4v) is 2.88. The number of nitrogens with one attached hydrogen (secondary N) is 2. The Kier molecular flexibility index (Phi) is 4.52. The summed E-state index contributed by atoms with van der Waals surface area (Å²) in [7, 11) is -3.60. The predicted molar refractivity (Wildman–Crippen MR) is 68.6 cm³/mol. The van der Waals surface area contributed by atoms with Crippen LogP contribution in [0.1, 0.15) is 32.9 Å². The van der Waals surface area contributed by atoms with Crippen LogP contribution in [-0.2, 0) is 10.0 Å². The van der Waals surface area contributed by atoms with Gasteiger partial charge in [-0.05, 0) is 18.8 Å². The Morgan fingerprint density at radius 2 is 2.11 bits per heavy atom. The Balaban J connectivity index is 2.61. The summed E-state index contributed by atoms with van der Waals surface area (Å²) in [5.74, 6) is 0. The smallest absolute Gasteiger partial charge is 0.244 e. The molecule has 0 spiro atoms. The molecule has 0 saturated carbocycles. The summed E-state index contributed by atoms with van der Waals surface area (Å²) in [6, 6.07) is 0. The fourth-order valence-electron chi connectivity index (χ4n) is 1.67. The van der Waals surface area contributed by atoms with Crippen molar-refractivity contribution in [3.05, 3.63) is 11.9 Å². The number of nitrogens with zero attached hydrogens (tertiary/aromatic N) is 1. The molecule has 0 fully saturated rings. The number of hydrogen-bond acceptors (Lipinski definition) is 4. The normalized spacial score (nSPS) is 14.7. The molecule has 3 N–H and O–H groups in total. The molecule has 18 heavy (non-hydrogen) atoms. The fraction of sp³-hybridized carbons (Fsp3) is 0.727. The van der Waals surface area contributed by atoms with E-state index in [1.165, 1.54) is 6.20 Å². The third kappa shape index (κ3) is 4.40. The lowest BCUT2D eigenvalue weighted by molar-refractivity contribution is 0.125. The summed E-state index contributed by atoms with van der Waals surface area (Å²) in [6.07, 6.45) is 1.08. The van der Waals surface area contributed by atoms with Gasteiger partial charge >= 0.3 is 0 Å². The Morgan fingerprint density at radius 3 is 2.56 bits per heavy atom. The van der Waals surface area contributed by atoms with Crippen LogP contribution >= 0.6 is 0 Å². The zero-order valence-electron chi connectivity index (χ0n) is 11.2. The van der Waals surface area contributed by atoms with E-state index in [0.29, 0.717) is 12.1 Å². The van der Waals surface area contributed by atoms with Crippen LogP contribution < -0.4 is 4.72 Å². The van der Waals surface area contributed by atoms with Gasteiger partial charge in [0.05, 0.1) is 18.0 Å². The molecule has 0 aliphatic carbocycles. The number of H-pyrrole nitrogens is 1. The largest absolute Gasteiger partial charge is 0.392 e. The van der Waals surface area contributed by atoms with Crippen molar-refractivity contribution in [3.8, 4) is 0 Å². The van der Waals surface area contributed by atoms with Crippen molar-refractivity contribution in [2.75, 3.05) is 6.54 Å². The van der Waals surface area contributed by atoms with Crippen LogP contribution in [0.15, 0.2) is 11.1 Å². The number of sulfonamides is 1. The summed E-state index contributed by atoms with van der Waals surface area (Å²) in [6.45, 7) is 7.61. The number of rotatable bonds is 5. The van der Waals surface area contributed by atoms with Crippen molar-refractivity contribution < 1.29 is 13.5 Å². The Morgan fingerprint density at radius 1 is 1.50 bits per heavy atom. The SMILES string of the molecule is Cc1[nH]ncc1S(=O)(=O)NCC(O)CC(C)(C)C. The maximum Gasteiger partial charge on any atom is 0.244 e. The summed E-state index contributed by atoms with van der Waals surface area (Å²) in [4.78, 5) is 0.116. The molecular formula is C11H21N3O3S. The Bertz CT molecular complexity index is 488.